The lowest BCUT2D eigenvalue weighted by Gasteiger charge is -2.11. The number of nitrogens with zero attached hydrogens (tertiary/aromatic N) is 3. The molecule has 1 amide bonds. The van der Waals surface area contributed by atoms with Crippen molar-refractivity contribution >= 4 is 5.91 Å². The van der Waals surface area contributed by atoms with E-state index in [9.17, 15) is 18.0 Å². The van der Waals surface area contributed by atoms with E-state index in [1.54, 1.807) is 11.7 Å². The maximum atomic E-state index is 12.5. The summed E-state index contributed by atoms with van der Waals surface area (Å²) < 4.78 is 39.2. The van der Waals surface area contributed by atoms with Gasteiger partial charge in [0.2, 0.25) is 0 Å². The van der Waals surface area contributed by atoms with Crippen molar-refractivity contribution < 1.29 is 18.0 Å². The number of aryl methyl sites for hydroxylation is 2. The van der Waals surface area contributed by atoms with Crippen molar-refractivity contribution in [1.29, 1.82) is 0 Å². The second kappa shape index (κ2) is 6.41. The number of carbonyl (C=O) groups is 1. The first kappa shape index (κ1) is 17.0. The fraction of sp³-hybridized carbons (Fsp3) is 0.333. The molecule has 0 fully saturated rings. The second-order valence-electron chi connectivity index (χ2n) is 5.24. The van der Waals surface area contributed by atoms with Gasteiger partial charge in [-0.25, -0.2) is 5.84 Å². The van der Waals surface area contributed by atoms with Gasteiger partial charge in [0.25, 0.3) is 5.91 Å². The minimum atomic E-state index is -4.34. The standard InChI is InChI=1S/C15H17F3N4O/c1-21(19)14(23)12-9-20-22(2)13(12)8-5-10-3-6-11(7-4-10)15(16,17)18/h3-4,6-7,9H,5,8,19H2,1-2H3. The summed E-state index contributed by atoms with van der Waals surface area (Å²) in [6, 6.07) is 4.99. The lowest BCUT2D eigenvalue weighted by atomic mass is 10.0. The molecule has 1 aromatic carbocycles. The number of amides is 1. The summed E-state index contributed by atoms with van der Waals surface area (Å²) in [5, 5.41) is 5.01. The Hall–Kier alpha value is -2.35. The van der Waals surface area contributed by atoms with Crippen LogP contribution < -0.4 is 5.84 Å². The first-order valence-electron chi connectivity index (χ1n) is 6.90. The molecule has 0 radical (unpaired) electrons. The molecule has 0 bridgehead atoms. The number of rotatable bonds is 4. The van der Waals surface area contributed by atoms with E-state index in [1.807, 2.05) is 0 Å². The molecule has 2 N–H and O–H groups in total. The van der Waals surface area contributed by atoms with Crippen LogP contribution in [0.15, 0.2) is 30.5 Å². The molecule has 2 aromatic rings. The van der Waals surface area contributed by atoms with Crippen LogP contribution in [0.4, 0.5) is 13.2 Å². The van der Waals surface area contributed by atoms with E-state index in [-0.39, 0.29) is 5.91 Å². The Morgan fingerprint density at radius 2 is 1.87 bits per heavy atom. The van der Waals surface area contributed by atoms with Crippen LogP contribution in [-0.4, -0.2) is 27.7 Å². The molecule has 0 saturated heterocycles. The molecule has 0 aliphatic carbocycles. The topological polar surface area (TPSA) is 64.2 Å². The third kappa shape index (κ3) is 3.89. The number of hydrazine groups is 1. The number of hydrogen-bond acceptors (Lipinski definition) is 3. The van der Waals surface area contributed by atoms with Gasteiger partial charge < -0.3 is 0 Å². The number of aromatic nitrogens is 2. The molecular weight excluding hydrogens is 309 g/mol. The summed E-state index contributed by atoms with van der Waals surface area (Å²) in [5.74, 6) is 5.09. The SMILES string of the molecule is CN(N)C(=O)c1cnn(C)c1CCc1ccc(C(F)(F)F)cc1. The van der Waals surface area contributed by atoms with Crippen LogP contribution in [-0.2, 0) is 26.1 Å². The van der Waals surface area contributed by atoms with E-state index in [0.29, 0.717) is 24.1 Å². The molecule has 2 rings (SSSR count). The Bertz CT molecular complexity index is 690. The Morgan fingerprint density at radius 3 is 2.39 bits per heavy atom. The predicted molar refractivity (Wildman–Crippen MR) is 78.3 cm³/mol. The first-order chi connectivity index (χ1) is 10.7. The Balaban J connectivity index is 2.12. The molecule has 0 unspecified atom stereocenters. The van der Waals surface area contributed by atoms with E-state index in [0.717, 1.165) is 22.7 Å². The van der Waals surface area contributed by atoms with E-state index < -0.39 is 11.7 Å². The zero-order valence-electron chi connectivity index (χ0n) is 12.8. The number of halogens is 3. The van der Waals surface area contributed by atoms with Gasteiger partial charge in [0.05, 0.1) is 23.0 Å². The molecule has 0 spiro atoms. The van der Waals surface area contributed by atoms with Crippen molar-refractivity contribution in [3.8, 4) is 0 Å². The van der Waals surface area contributed by atoms with E-state index in [1.165, 1.54) is 25.4 Å². The van der Waals surface area contributed by atoms with Gasteiger partial charge in [0.15, 0.2) is 0 Å². The normalized spacial score (nSPS) is 11.6. The third-order valence-corrected chi connectivity index (χ3v) is 3.54. The van der Waals surface area contributed by atoms with Gasteiger partial charge in [0.1, 0.15) is 0 Å². The van der Waals surface area contributed by atoms with Crippen LogP contribution in [0, 0.1) is 0 Å². The molecule has 1 aromatic heterocycles. The highest BCUT2D eigenvalue weighted by molar-refractivity contribution is 5.94. The van der Waals surface area contributed by atoms with Gasteiger partial charge in [-0.3, -0.25) is 14.5 Å². The number of hydrogen-bond donors (Lipinski definition) is 1. The van der Waals surface area contributed by atoms with Gasteiger partial charge >= 0.3 is 6.18 Å². The molecule has 124 valence electrons. The van der Waals surface area contributed by atoms with Crippen LogP contribution in [0.5, 0.6) is 0 Å². The third-order valence-electron chi connectivity index (χ3n) is 3.54. The molecule has 0 atom stereocenters. The van der Waals surface area contributed by atoms with Crippen LogP contribution in [0.3, 0.4) is 0 Å². The number of carbonyl (C=O) groups excluding carboxylic acids is 1. The van der Waals surface area contributed by atoms with Gasteiger partial charge in [-0.15, -0.1) is 0 Å². The molecule has 0 saturated carbocycles. The Kier molecular flexibility index (Phi) is 4.74. The van der Waals surface area contributed by atoms with Crippen molar-refractivity contribution in [2.75, 3.05) is 7.05 Å². The molecule has 0 aliphatic rings. The maximum absolute atomic E-state index is 12.5. The van der Waals surface area contributed by atoms with Gasteiger partial charge in [-0.1, -0.05) is 12.1 Å². The number of alkyl halides is 3. The number of nitrogens with two attached hydrogens (primary N) is 1. The summed E-state index contributed by atoms with van der Waals surface area (Å²) >= 11 is 0. The molecule has 5 nitrogen and oxygen atoms in total. The highest BCUT2D eigenvalue weighted by Crippen LogP contribution is 2.29. The summed E-state index contributed by atoms with van der Waals surface area (Å²) in [6.45, 7) is 0. The van der Waals surface area contributed by atoms with E-state index in [2.05, 4.69) is 5.10 Å². The van der Waals surface area contributed by atoms with Crippen LogP contribution in [0.1, 0.15) is 27.2 Å². The molecule has 1 heterocycles. The summed E-state index contributed by atoms with van der Waals surface area (Å²) in [7, 11) is 3.14. The lowest BCUT2D eigenvalue weighted by Crippen LogP contribution is -2.33. The van der Waals surface area contributed by atoms with E-state index >= 15 is 0 Å². The van der Waals surface area contributed by atoms with Gasteiger partial charge in [0, 0.05) is 14.1 Å². The number of benzene rings is 1. The van der Waals surface area contributed by atoms with Crippen molar-refractivity contribution in [3.63, 3.8) is 0 Å². The summed E-state index contributed by atoms with van der Waals surface area (Å²) in [4.78, 5) is 12.0. The quantitative estimate of drug-likeness (QED) is 0.532. The van der Waals surface area contributed by atoms with E-state index in [4.69, 9.17) is 5.84 Å². The van der Waals surface area contributed by atoms with Crippen molar-refractivity contribution in [1.82, 2.24) is 14.8 Å². The summed E-state index contributed by atoms with van der Waals surface area (Å²) in [6.07, 6.45) is -1.94. The monoisotopic (exact) mass is 326 g/mol. The summed E-state index contributed by atoms with van der Waals surface area (Å²) in [5.41, 5.74) is 1.15. The van der Waals surface area contributed by atoms with Crippen molar-refractivity contribution in [3.05, 3.63) is 52.8 Å². The minimum Gasteiger partial charge on any atom is -0.280 e. The molecule has 0 aliphatic heterocycles. The average Bonchev–Trinajstić information content (AvgIpc) is 2.84. The second-order valence-corrected chi connectivity index (χ2v) is 5.24. The average molecular weight is 326 g/mol. The smallest absolute Gasteiger partial charge is 0.280 e. The van der Waals surface area contributed by atoms with Gasteiger partial charge in [-0.05, 0) is 30.5 Å². The zero-order chi connectivity index (χ0) is 17.2. The van der Waals surface area contributed by atoms with Crippen molar-refractivity contribution in [2.45, 2.75) is 19.0 Å². The maximum Gasteiger partial charge on any atom is 0.416 e. The highest BCUT2D eigenvalue weighted by Gasteiger charge is 2.29. The fourth-order valence-corrected chi connectivity index (χ4v) is 2.25. The van der Waals surface area contributed by atoms with Crippen molar-refractivity contribution in [2.24, 2.45) is 12.9 Å². The van der Waals surface area contributed by atoms with Crippen LogP contribution >= 0.6 is 0 Å². The molecular formula is C15H17F3N4O. The largest absolute Gasteiger partial charge is 0.416 e. The lowest BCUT2D eigenvalue weighted by molar-refractivity contribution is -0.137. The van der Waals surface area contributed by atoms with Gasteiger partial charge in [-0.2, -0.15) is 18.3 Å². The van der Waals surface area contributed by atoms with Crippen LogP contribution in [0.2, 0.25) is 0 Å². The molecule has 23 heavy (non-hydrogen) atoms. The first-order valence-corrected chi connectivity index (χ1v) is 6.90. The Labute approximate surface area is 131 Å². The highest BCUT2D eigenvalue weighted by atomic mass is 19.4. The zero-order valence-corrected chi connectivity index (χ0v) is 12.8. The fourth-order valence-electron chi connectivity index (χ4n) is 2.25. The predicted octanol–water partition coefficient (Wildman–Crippen LogP) is 2.17. The van der Waals surface area contributed by atoms with Crippen LogP contribution in [0.25, 0.3) is 0 Å². The molecule has 8 heteroatoms. The minimum absolute atomic E-state index is 0.361. The Morgan fingerprint density at radius 1 is 1.26 bits per heavy atom.